The van der Waals surface area contributed by atoms with Gasteiger partial charge in [0.1, 0.15) is 0 Å². The number of nitrogens with zero attached hydrogens (tertiary/aromatic N) is 2. The number of rotatable bonds is 0. The van der Waals surface area contributed by atoms with Crippen LogP contribution in [-0.2, 0) is 11.2 Å². The molecule has 1 aliphatic carbocycles. The minimum Gasteiger partial charge on any atom is -0.618 e. The van der Waals surface area contributed by atoms with Crippen LogP contribution in [0, 0.1) is 5.21 Å². The third-order valence-corrected chi connectivity index (χ3v) is 6.25. The topological polar surface area (TPSA) is 56.9 Å². The quantitative estimate of drug-likeness (QED) is 0.157. The molecule has 5 aromatic rings. The van der Waals surface area contributed by atoms with Crippen molar-refractivity contribution in [3.05, 3.63) is 130 Å². The highest BCUT2D eigenvalue weighted by Crippen LogP contribution is 2.27. The summed E-state index contributed by atoms with van der Waals surface area (Å²) in [6.45, 7) is 0. The normalized spacial score (nSPS) is 12.1. The SMILES string of the molecule is Clc1ccnc2ccccc12.O=C1C=C(Cl)c2ccccc2C1.[O-][n+]1ccc(Cl)c2ccccc21. The van der Waals surface area contributed by atoms with Gasteiger partial charge in [0, 0.05) is 36.2 Å². The fourth-order valence-electron chi connectivity index (χ4n) is 3.60. The number of pyridine rings is 2. The molecule has 0 saturated heterocycles. The Hall–Kier alpha value is -3.44. The number of ketones is 1. The largest absolute Gasteiger partial charge is 0.618 e. The number of allylic oxidation sites excluding steroid dienone is 1. The van der Waals surface area contributed by atoms with E-state index in [1.54, 1.807) is 24.4 Å². The lowest BCUT2D eigenvalue weighted by molar-refractivity contribution is -0.577. The summed E-state index contributed by atoms with van der Waals surface area (Å²) in [5.41, 5.74) is 3.55. The molecule has 6 rings (SSSR count). The van der Waals surface area contributed by atoms with Gasteiger partial charge in [-0.2, -0.15) is 4.73 Å². The highest BCUT2D eigenvalue weighted by Gasteiger charge is 2.14. The molecule has 0 spiro atoms. The average Bonchev–Trinajstić information content (AvgIpc) is 2.88. The second-order valence-corrected chi connectivity index (χ2v) is 8.83. The fraction of sp³-hybridized carbons (Fsp3) is 0.0357. The maximum Gasteiger partial charge on any atom is 0.225 e. The molecule has 2 heterocycles. The number of benzene rings is 3. The van der Waals surface area contributed by atoms with Gasteiger partial charge in [-0.25, -0.2) is 0 Å². The molecule has 3 aromatic carbocycles. The molecule has 174 valence electrons. The van der Waals surface area contributed by atoms with Gasteiger partial charge in [-0.05, 0) is 29.3 Å². The lowest BCUT2D eigenvalue weighted by Gasteiger charge is -2.11. The van der Waals surface area contributed by atoms with Crippen molar-refractivity contribution < 1.29 is 9.52 Å². The van der Waals surface area contributed by atoms with Gasteiger partial charge in [0.2, 0.25) is 5.52 Å². The van der Waals surface area contributed by atoms with Gasteiger partial charge in [-0.1, -0.05) is 89.4 Å². The van der Waals surface area contributed by atoms with Gasteiger partial charge >= 0.3 is 0 Å². The monoisotopic (exact) mass is 520 g/mol. The molecule has 0 radical (unpaired) electrons. The molecule has 0 fully saturated rings. The first kappa shape index (κ1) is 24.7. The highest BCUT2D eigenvalue weighted by atomic mass is 35.5. The number of hydrogen-bond donors (Lipinski definition) is 0. The van der Waals surface area contributed by atoms with E-state index in [2.05, 4.69) is 4.98 Å². The Labute approximate surface area is 217 Å². The van der Waals surface area contributed by atoms with Crippen molar-refractivity contribution in [3.8, 4) is 0 Å². The van der Waals surface area contributed by atoms with Crippen molar-refractivity contribution >= 4 is 67.4 Å². The summed E-state index contributed by atoms with van der Waals surface area (Å²) in [4.78, 5) is 15.2. The van der Waals surface area contributed by atoms with Gasteiger partial charge in [0.05, 0.1) is 26.0 Å². The van der Waals surface area contributed by atoms with Gasteiger partial charge in [-0.15, -0.1) is 0 Å². The van der Waals surface area contributed by atoms with Crippen LogP contribution in [0.15, 0.2) is 103 Å². The molecule has 0 atom stereocenters. The molecule has 1 aliphatic rings. The van der Waals surface area contributed by atoms with Crippen LogP contribution in [0.3, 0.4) is 0 Å². The Kier molecular flexibility index (Phi) is 7.98. The van der Waals surface area contributed by atoms with E-state index in [0.29, 0.717) is 22.0 Å². The molecule has 0 saturated carbocycles. The summed E-state index contributed by atoms with van der Waals surface area (Å²) in [5, 5.41) is 14.9. The fourth-order valence-corrected chi connectivity index (χ4v) is 4.34. The van der Waals surface area contributed by atoms with E-state index in [1.807, 2.05) is 66.7 Å². The van der Waals surface area contributed by atoms with Crippen LogP contribution in [0.4, 0.5) is 0 Å². The van der Waals surface area contributed by atoms with E-state index in [1.165, 1.54) is 12.3 Å². The van der Waals surface area contributed by atoms with Crippen LogP contribution in [0.1, 0.15) is 11.1 Å². The van der Waals surface area contributed by atoms with E-state index in [0.717, 1.165) is 37.2 Å². The molecule has 35 heavy (non-hydrogen) atoms. The van der Waals surface area contributed by atoms with Gasteiger partial charge in [0.15, 0.2) is 12.0 Å². The van der Waals surface area contributed by atoms with Crippen molar-refractivity contribution in [2.24, 2.45) is 0 Å². The summed E-state index contributed by atoms with van der Waals surface area (Å²) in [6, 6.07) is 26.1. The Bertz CT molecular complexity index is 1500. The Balaban J connectivity index is 0.000000124. The molecular weight excluding hydrogens is 503 g/mol. The van der Waals surface area contributed by atoms with Crippen LogP contribution in [0.25, 0.3) is 26.8 Å². The highest BCUT2D eigenvalue weighted by molar-refractivity contribution is 6.50. The molecular formula is C28H19Cl3N2O2. The predicted octanol–water partition coefficient (Wildman–Crippen LogP) is 7.41. The number of carbonyl (C=O) groups is 1. The zero-order chi connectivity index (χ0) is 24.8. The molecule has 0 aliphatic heterocycles. The third kappa shape index (κ3) is 5.98. The first-order valence-corrected chi connectivity index (χ1v) is 11.8. The standard InChI is InChI=1S/C10H7ClO.C9H6ClNO.C9H6ClN/c11-10-6-8(12)5-7-3-1-2-4-9(7)10;10-8-5-6-11(12)9-4-2-1-3-7(8)9;10-8-5-6-11-9-4-2-1-3-7(8)9/h1-4,6H,5H2;1-6H;1-6H. The van der Waals surface area contributed by atoms with Crippen LogP contribution < -0.4 is 4.73 Å². The van der Waals surface area contributed by atoms with Crippen LogP contribution in [0.5, 0.6) is 0 Å². The van der Waals surface area contributed by atoms with Gasteiger partial charge in [-0.3, -0.25) is 9.78 Å². The number of halogens is 3. The summed E-state index contributed by atoms with van der Waals surface area (Å²) in [7, 11) is 0. The maximum absolute atomic E-state index is 11.2. The second kappa shape index (κ2) is 11.3. The number of carbonyl (C=O) groups excluding carboxylic acids is 1. The van der Waals surface area contributed by atoms with Crippen LogP contribution in [0.2, 0.25) is 10.0 Å². The second-order valence-electron chi connectivity index (χ2n) is 7.61. The Morgan fingerprint density at radius 2 is 1.43 bits per heavy atom. The molecule has 0 N–H and O–H groups in total. The summed E-state index contributed by atoms with van der Waals surface area (Å²) in [6.07, 6.45) is 5.09. The predicted molar refractivity (Wildman–Crippen MR) is 144 cm³/mol. The number of fused-ring (bicyclic) bond motifs is 3. The van der Waals surface area contributed by atoms with Crippen LogP contribution in [-0.4, -0.2) is 10.8 Å². The van der Waals surface area contributed by atoms with Crippen LogP contribution >= 0.6 is 34.8 Å². The zero-order valence-electron chi connectivity index (χ0n) is 18.4. The number of hydrogen-bond acceptors (Lipinski definition) is 3. The average molecular weight is 522 g/mol. The van der Waals surface area contributed by atoms with Crippen molar-refractivity contribution in [3.63, 3.8) is 0 Å². The zero-order valence-corrected chi connectivity index (χ0v) is 20.6. The molecule has 4 nitrogen and oxygen atoms in total. The lowest BCUT2D eigenvalue weighted by Crippen LogP contribution is -2.25. The van der Waals surface area contributed by atoms with Crippen molar-refractivity contribution in [1.82, 2.24) is 4.98 Å². The van der Waals surface area contributed by atoms with Crippen molar-refractivity contribution in [2.45, 2.75) is 6.42 Å². The number of aromatic nitrogens is 2. The van der Waals surface area contributed by atoms with E-state index in [-0.39, 0.29) is 5.78 Å². The molecule has 0 unspecified atom stereocenters. The van der Waals surface area contributed by atoms with Crippen molar-refractivity contribution in [2.75, 3.05) is 0 Å². The molecule has 7 heteroatoms. The van der Waals surface area contributed by atoms with E-state index >= 15 is 0 Å². The first-order valence-electron chi connectivity index (χ1n) is 10.7. The maximum atomic E-state index is 11.2. The minimum atomic E-state index is 0.0821. The lowest BCUT2D eigenvalue weighted by atomic mass is 9.97. The smallest absolute Gasteiger partial charge is 0.225 e. The van der Waals surface area contributed by atoms with E-state index in [4.69, 9.17) is 34.8 Å². The van der Waals surface area contributed by atoms with Gasteiger partial charge < -0.3 is 5.21 Å². The van der Waals surface area contributed by atoms with E-state index in [9.17, 15) is 10.0 Å². The summed E-state index contributed by atoms with van der Waals surface area (Å²) >= 11 is 17.7. The van der Waals surface area contributed by atoms with E-state index < -0.39 is 0 Å². The number of para-hydroxylation sites is 2. The summed E-state index contributed by atoms with van der Waals surface area (Å²) < 4.78 is 0.807. The Morgan fingerprint density at radius 3 is 2.20 bits per heavy atom. The third-order valence-electron chi connectivity index (χ3n) is 5.28. The minimum absolute atomic E-state index is 0.0821. The van der Waals surface area contributed by atoms with Crippen molar-refractivity contribution in [1.29, 1.82) is 0 Å². The summed E-state index contributed by atoms with van der Waals surface area (Å²) in [5.74, 6) is 0.0821. The Morgan fingerprint density at radius 1 is 0.771 bits per heavy atom. The molecule has 0 bridgehead atoms. The first-order chi connectivity index (χ1) is 16.9. The molecule has 0 amide bonds. The van der Waals surface area contributed by atoms with Gasteiger partial charge in [0.25, 0.3) is 0 Å². The molecule has 2 aromatic heterocycles.